The summed E-state index contributed by atoms with van der Waals surface area (Å²) in [5.41, 5.74) is 0.616. The fourth-order valence-electron chi connectivity index (χ4n) is 1.39. The van der Waals surface area contributed by atoms with Gasteiger partial charge in [0.15, 0.2) is 5.82 Å². The lowest BCUT2D eigenvalue weighted by Gasteiger charge is -2.20. The largest absolute Gasteiger partial charge is 0.390 e. The van der Waals surface area contributed by atoms with Gasteiger partial charge in [0.1, 0.15) is 0 Å². The number of hydrogen-bond donors (Lipinski definition) is 1. The minimum absolute atomic E-state index is 0.0473. The number of nitrogens with zero attached hydrogens (tertiary/aromatic N) is 3. The molecule has 1 N–H and O–H groups in total. The molecule has 0 unspecified atom stereocenters. The van der Waals surface area contributed by atoms with Gasteiger partial charge in [0.05, 0.1) is 12.3 Å². The Hall–Kier alpha value is -1.16. The molecule has 0 radical (unpaired) electrons. The Balaban J connectivity index is 2.65. The van der Waals surface area contributed by atoms with E-state index in [4.69, 9.17) is 5.11 Å². The molecule has 1 aromatic heterocycles. The van der Waals surface area contributed by atoms with E-state index in [2.05, 4.69) is 28.9 Å². The second kappa shape index (κ2) is 6.35. The smallest absolute Gasteiger partial charge is 0.151 e. The molecule has 0 fully saturated rings. The number of unbranched alkanes of at least 4 members (excludes halogenated alkanes) is 1. The molecule has 0 saturated carbocycles. The number of aliphatic hydroxyl groups is 1. The first-order valence-corrected chi connectivity index (χ1v) is 5.50. The summed E-state index contributed by atoms with van der Waals surface area (Å²) < 4.78 is 0. The predicted octanol–water partition coefficient (Wildman–Crippen LogP) is 1.60. The Morgan fingerprint density at radius 2 is 2.07 bits per heavy atom. The van der Waals surface area contributed by atoms with Crippen LogP contribution < -0.4 is 4.90 Å². The zero-order valence-electron chi connectivity index (χ0n) is 9.48. The second-order valence-electron chi connectivity index (χ2n) is 3.47. The molecule has 4 nitrogen and oxygen atoms in total. The van der Waals surface area contributed by atoms with Gasteiger partial charge in [-0.05, 0) is 25.5 Å². The van der Waals surface area contributed by atoms with Crippen LogP contribution in [0.1, 0.15) is 32.4 Å². The fourth-order valence-corrected chi connectivity index (χ4v) is 1.39. The Morgan fingerprint density at radius 3 is 2.53 bits per heavy atom. The average Bonchev–Trinajstić information content (AvgIpc) is 2.31. The summed E-state index contributed by atoms with van der Waals surface area (Å²) in [6.45, 7) is 6.19. The van der Waals surface area contributed by atoms with Crippen molar-refractivity contribution in [1.82, 2.24) is 10.2 Å². The van der Waals surface area contributed by atoms with Crippen LogP contribution in [-0.2, 0) is 6.61 Å². The summed E-state index contributed by atoms with van der Waals surface area (Å²) in [5, 5.41) is 16.9. The van der Waals surface area contributed by atoms with Crippen LogP contribution in [0.3, 0.4) is 0 Å². The van der Waals surface area contributed by atoms with E-state index < -0.39 is 0 Å². The van der Waals surface area contributed by atoms with Gasteiger partial charge >= 0.3 is 0 Å². The predicted molar refractivity (Wildman–Crippen MR) is 60.7 cm³/mol. The maximum absolute atomic E-state index is 8.85. The van der Waals surface area contributed by atoms with Crippen molar-refractivity contribution in [3.8, 4) is 0 Å². The SMILES string of the molecule is CCCCN(CC)c1ccc(CO)nn1. The number of anilines is 1. The molecule has 15 heavy (non-hydrogen) atoms. The lowest BCUT2D eigenvalue weighted by Crippen LogP contribution is -2.25. The summed E-state index contributed by atoms with van der Waals surface area (Å²) in [7, 11) is 0. The Kier molecular flexibility index (Phi) is 5.04. The van der Waals surface area contributed by atoms with E-state index in [-0.39, 0.29) is 6.61 Å². The van der Waals surface area contributed by atoms with Crippen LogP contribution in [-0.4, -0.2) is 28.4 Å². The molecular weight excluding hydrogens is 190 g/mol. The van der Waals surface area contributed by atoms with E-state index in [0.29, 0.717) is 5.69 Å². The maximum Gasteiger partial charge on any atom is 0.151 e. The molecule has 84 valence electrons. The summed E-state index contributed by atoms with van der Waals surface area (Å²) in [6, 6.07) is 3.73. The van der Waals surface area contributed by atoms with Gasteiger partial charge in [-0.1, -0.05) is 13.3 Å². The number of aliphatic hydroxyl groups excluding tert-OH is 1. The normalized spacial score (nSPS) is 10.3. The van der Waals surface area contributed by atoms with Crippen molar-refractivity contribution in [2.45, 2.75) is 33.3 Å². The zero-order valence-corrected chi connectivity index (χ0v) is 9.48. The molecule has 4 heteroatoms. The first kappa shape index (κ1) is 11.9. The molecular formula is C11H19N3O. The van der Waals surface area contributed by atoms with Crippen molar-refractivity contribution in [3.05, 3.63) is 17.8 Å². The molecule has 0 atom stereocenters. The lowest BCUT2D eigenvalue weighted by atomic mass is 10.3. The van der Waals surface area contributed by atoms with Crippen molar-refractivity contribution in [2.75, 3.05) is 18.0 Å². The van der Waals surface area contributed by atoms with E-state index in [1.54, 1.807) is 0 Å². The van der Waals surface area contributed by atoms with Crippen LogP contribution in [0, 0.1) is 0 Å². The van der Waals surface area contributed by atoms with Crippen molar-refractivity contribution >= 4 is 5.82 Å². The summed E-state index contributed by atoms with van der Waals surface area (Å²) in [6.07, 6.45) is 2.34. The first-order chi connectivity index (χ1) is 7.31. The molecule has 0 saturated heterocycles. The van der Waals surface area contributed by atoms with Gasteiger partial charge in [-0.2, -0.15) is 5.10 Å². The van der Waals surface area contributed by atoms with E-state index in [1.807, 2.05) is 12.1 Å². The topological polar surface area (TPSA) is 49.2 Å². The van der Waals surface area contributed by atoms with Crippen LogP contribution in [0.4, 0.5) is 5.82 Å². The molecule has 0 aliphatic carbocycles. The molecule has 0 spiro atoms. The second-order valence-corrected chi connectivity index (χ2v) is 3.47. The number of hydrogen-bond acceptors (Lipinski definition) is 4. The van der Waals surface area contributed by atoms with Gasteiger partial charge in [0.25, 0.3) is 0 Å². The highest BCUT2D eigenvalue weighted by atomic mass is 16.3. The van der Waals surface area contributed by atoms with Gasteiger partial charge in [-0.15, -0.1) is 5.10 Å². The molecule has 0 aliphatic rings. The number of aromatic nitrogens is 2. The maximum atomic E-state index is 8.85. The third-order valence-corrected chi connectivity index (χ3v) is 2.35. The quantitative estimate of drug-likeness (QED) is 0.773. The van der Waals surface area contributed by atoms with Crippen LogP contribution >= 0.6 is 0 Å². The molecule has 0 aromatic carbocycles. The van der Waals surface area contributed by atoms with Gasteiger partial charge in [0, 0.05) is 13.1 Å². The van der Waals surface area contributed by atoms with Gasteiger partial charge < -0.3 is 10.0 Å². The average molecular weight is 209 g/mol. The van der Waals surface area contributed by atoms with Crippen molar-refractivity contribution in [3.63, 3.8) is 0 Å². The fraction of sp³-hybridized carbons (Fsp3) is 0.636. The monoisotopic (exact) mass is 209 g/mol. The van der Waals surface area contributed by atoms with Gasteiger partial charge in [-0.3, -0.25) is 0 Å². The van der Waals surface area contributed by atoms with Crippen LogP contribution in [0.25, 0.3) is 0 Å². The Labute approximate surface area is 90.9 Å². The standard InChI is InChI=1S/C11H19N3O/c1-3-5-8-14(4-2)11-7-6-10(9-15)12-13-11/h6-7,15H,3-5,8-9H2,1-2H3. The Morgan fingerprint density at radius 1 is 1.27 bits per heavy atom. The first-order valence-electron chi connectivity index (χ1n) is 5.50. The zero-order chi connectivity index (χ0) is 11.1. The summed E-state index contributed by atoms with van der Waals surface area (Å²) >= 11 is 0. The highest BCUT2D eigenvalue weighted by molar-refractivity contribution is 5.36. The van der Waals surface area contributed by atoms with Crippen LogP contribution in [0.5, 0.6) is 0 Å². The molecule has 1 rings (SSSR count). The molecule has 1 aromatic rings. The highest BCUT2D eigenvalue weighted by Gasteiger charge is 2.05. The van der Waals surface area contributed by atoms with Crippen LogP contribution in [0.15, 0.2) is 12.1 Å². The van der Waals surface area contributed by atoms with E-state index in [9.17, 15) is 0 Å². The lowest BCUT2D eigenvalue weighted by molar-refractivity contribution is 0.275. The molecule has 0 aliphatic heterocycles. The van der Waals surface area contributed by atoms with Gasteiger partial charge in [-0.25, -0.2) is 0 Å². The third-order valence-electron chi connectivity index (χ3n) is 2.35. The minimum Gasteiger partial charge on any atom is -0.390 e. The highest BCUT2D eigenvalue weighted by Crippen LogP contribution is 2.10. The summed E-state index contributed by atoms with van der Waals surface area (Å²) in [5.74, 6) is 0.892. The summed E-state index contributed by atoms with van der Waals surface area (Å²) in [4.78, 5) is 2.19. The van der Waals surface area contributed by atoms with Crippen LogP contribution in [0.2, 0.25) is 0 Å². The third kappa shape index (κ3) is 3.47. The van der Waals surface area contributed by atoms with Crippen molar-refractivity contribution in [1.29, 1.82) is 0 Å². The minimum atomic E-state index is -0.0473. The van der Waals surface area contributed by atoms with E-state index in [0.717, 1.165) is 25.3 Å². The molecule has 1 heterocycles. The van der Waals surface area contributed by atoms with Crippen molar-refractivity contribution in [2.24, 2.45) is 0 Å². The van der Waals surface area contributed by atoms with E-state index >= 15 is 0 Å². The van der Waals surface area contributed by atoms with E-state index in [1.165, 1.54) is 6.42 Å². The van der Waals surface area contributed by atoms with Crippen molar-refractivity contribution < 1.29 is 5.11 Å². The Bertz CT molecular complexity index is 274. The molecule has 0 bridgehead atoms. The molecule has 0 amide bonds. The number of rotatable bonds is 6. The van der Waals surface area contributed by atoms with Gasteiger partial charge in [0.2, 0.25) is 0 Å².